The van der Waals surface area contributed by atoms with Crippen LogP contribution >= 0.6 is 11.3 Å². The lowest BCUT2D eigenvalue weighted by molar-refractivity contribution is 0.102. The highest BCUT2D eigenvalue weighted by molar-refractivity contribution is 7.13. The Kier molecular flexibility index (Phi) is 3.54. The smallest absolute Gasteiger partial charge is 0.263 e. The topological polar surface area (TPSA) is 94.0 Å². The van der Waals surface area contributed by atoms with E-state index in [1.54, 1.807) is 11.6 Å². The Balaban J connectivity index is 1.45. The molecule has 5 rings (SSSR count). The van der Waals surface area contributed by atoms with Crippen molar-refractivity contribution in [2.24, 2.45) is 0 Å². The number of amides is 1. The maximum Gasteiger partial charge on any atom is 0.263 e. The third-order valence-corrected chi connectivity index (χ3v) is 5.41. The van der Waals surface area contributed by atoms with Crippen molar-refractivity contribution in [3.8, 4) is 21.8 Å². The first-order chi connectivity index (χ1) is 13.2. The van der Waals surface area contributed by atoms with Crippen molar-refractivity contribution in [3.63, 3.8) is 0 Å². The highest BCUT2D eigenvalue weighted by atomic mass is 32.1. The minimum atomic E-state index is -0.366. The summed E-state index contributed by atoms with van der Waals surface area (Å²) in [6, 6.07) is 14.3. The summed E-state index contributed by atoms with van der Waals surface area (Å²) in [5, 5.41) is 9.19. The molecule has 2 heterocycles. The van der Waals surface area contributed by atoms with Gasteiger partial charge < -0.3 is 15.6 Å². The third kappa shape index (κ3) is 2.60. The van der Waals surface area contributed by atoms with Crippen LogP contribution < -0.4 is 11.1 Å². The molecular weight excluding hydrogens is 360 g/mol. The van der Waals surface area contributed by atoms with E-state index in [1.165, 1.54) is 33.6 Å². The van der Waals surface area contributed by atoms with Crippen molar-refractivity contribution in [3.05, 3.63) is 70.7 Å². The minimum absolute atomic E-state index is 0.0220. The fourth-order valence-electron chi connectivity index (χ4n) is 3.43. The quantitative estimate of drug-likeness (QED) is 0.493. The summed E-state index contributed by atoms with van der Waals surface area (Å²) in [5.41, 5.74) is 12.0. The molecule has 0 radical (unpaired) electrons. The third-order valence-electron chi connectivity index (χ3n) is 4.63. The number of aromatic nitrogens is 2. The zero-order valence-electron chi connectivity index (χ0n) is 14.1. The predicted octanol–water partition coefficient (Wildman–Crippen LogP) is 4.20. The molecule has 3 N–H and O–H groups in total. The highest BCUT2D eigenvalue weighted by Gasteiger charge is 2.25. The van der Waals surface area contributed by atoms with Gasteiger partial charge in [0.1, 0.15) is 10.6 Å². The Morgan fingerprint density at radius 1 is 1.15 bits per heavy atom. The molecule has 1 aliphatic carbocycles. The Morgan fingerprint density at radius 2 is 2.00 bits per heavy atom. The standard InChI is InChI=1S/C20H14N4O2S/c21-18-16(17(24-26-18)20-22-7-8-27-20)19(25)23-13-5-6-15-12(10-13)9-11-3-1-2-4-14(11)15/h1-8,10H,9,21H2,(H,23,25). The Labute approximate surface area is 158 Å². The van der Waals surface area contributed by atoms with Crippen molar-refractivity contribution in [1.82, 2.24) is 10.1 Å². The van der Waals surface area contributed by atoms with E-state index in [0.29, 0.717) is 16.4 Å². The highest BCUT2D eigenvalue weighted by Crippen LogP contribution is 2.38. The molecule has 1 aliphatic rings. The van der Waals surface area contributed by atoms with Gasteiger partial charge in [0.25, 0.3) is 5.91 Å². The number of fused-ring (bicyclic) bond motifs is 3. The number of nitrogen functional groups attached to an aromatic ring is 1. The Hall–Kier alpha value is -3.45. The number of hydrogen-bond acceptors (Lipinski definition) is 6. The fraction of sp³-hybridized carbons (Fsp3) is 0.0500. The lowest BCUT2D eigenvalue weighted by Gasteiger charge is -2.07. The van der Waals surface area contributed by atoms with E-state index in [0.717, 1.165) is 6.42 Å². The summed E-state index contributed by atoms with van der Waals surface area (Å²) in [6.45, 7) is 0. The number of rotatable bonds is 3. The molecule has 0 saturated heterocycles. The number of carbonyl (C=O) groups is 1. The summed E-state index contributed by atoms with van der Waals surface area (Å²) < 4.78 is 5.03. The van der Waals surface area contributed by atoms with E-state index in [-0.39, 0.29) is 17.4 Å². The number of thiazole rings is 1. The molecule has 4 aromatic rings. The average Bonchev–Trinajstić information content (AvgIpc) is 3.39. The van der Waals surface area contributed by atoms with Gasteiger partial charge in [0.15, 0.2) is 5.69 Å². The van der Waals surface area contributed by atoms with E-state index in [9.17, 15) is 4.79 Å². The SMILES string of the molecule is Nc1onc(-c2nccs2)c1C(=O)Nc1ccc2c(c1)Cc1ccccc1-2. The maximum absolute atomic E-state index is 12.8. The van der Waals surface area contributed by atoms with E-state index in [1.807, 2.05) is 30.3 Å². The molecule has 0 spiro atoms. The first kappa shape index (κ1) is 15.8. The van der Waals surface area contributed by atoms with Crippen molar-refractivity contribution >= 4 is 28.8 Å². The summed E-state index contributed by atoms with van der Waals surface area (Å²) in [6.07, 6.45) is 2.50. The molecule has 0 fully saturated rings. The van der Waals surface area contributed by atoms with Crippen LogP contribution in [0, 0.1) is 0 Å². The predicted molar refractivity (Wildman–Crippen MR) is 105 cm³/mol. The van der Waals surface area contributed by atoms with Gasteiger partial charge in [-0.1, -0.05) is 35.5 Å². The molecule has 2 aromatic carbocycles. The van der Waals surface area contributed by atoms with Crippen LogP contribution in [-0.2, 0) is 6.42 Å². The Morgan fingerprint density at radius 3 is 2.85 bits per heavy atom. The molecule has 0 saturated carbocycles. The largest absolute Gasteiger partial charge is 0.367 e. The van der Waals surface area contributed by atoms with Gasteiger partial charge in [0.05, 0.1) is 0 Å². The van der Waals surface area contributed by atoms with Crippen LogP contribution in [0.5, 0.6) is 0 Å². The first-order valence-electron chi connectivity index (χ1n) is 8.38. The van der Waals surface area contributed by atoms with Crippen LogP contribution in [0.1, 0.15) is 21.5 Å². The fourth-order valence-corrected chi connectivity index (χ4v) is 4.05. The van der Waals surface area contributed by atoms with Crippen LogP contribution in [-0.4, -0.2) is 16.0 Å². The average molecular weight is 374 g/mol. The minimum Gasteiger partial charge on any atom is -0.367 e. The van der Waals surface area contributed by atoms with Gasteiger partial charge in [0.2, 0.25) is 5.88 Å². The van der Waals surface area contributed by atoms with Crippen LogP contribution in [0.4, 0.5) is 11.6 Å². The molecule has 0 unspecified atom stereocenters. The summed E-state index contributed by atoms with van der Waals surface area (Å²) in [5.74, 6) is -0.388. The number of hydrogen-bond donors (Lipinski definition) is 2. The van der Waals surface area contributed by atoms with Gasteiger partial charge in [-0.2, -0.15) is 0 Å². The van der Waals surface area contributed by atoms with Gasteiger partial charge >= 0.3 is 0 Å². The molecule has 0 bridgehead atoms. The van der Waals surface area contributed by atoms with Gasteiger partial charge in [-0.25, -0.2) is 4.98 Å². The number of benzene rings is 2. The van der Waals surface area contributed by atoms with E-state index < -0.39 is 0 Å². The number of nitrogens with one attached hydrogen (secondary N) is 1. The van der Waals surface area contributed by atoms with Gasteiger partial charge in [0, 0.05) is 17.3 Å². The number of anilines is 2. The second kappa shape index (κ2) is 6.07. The van der Waals surface area contributed by atoms with E-state index in [2.05, 4.69) is 27.6 Å². The molecule has 1 amide bonds. The summed E-state index contributed by atoms with van der Waals surface area (Å²) >= 11 is 1.37. The van der Waals surface area contributed by atoms with Crippen molar-refractivity contribution in [2.45, 2.75) is 6.42 Å². The van der Waals surface area contributed by atoms with Crippen LogP contribution in [0.3, 0.4) is 0 Å². The molecule has 6 nitrogen and oxygen atoms in total. The van der Waals surface area contributed by atoms with Crippen LogP contribution in [0.15, 0.2) is 58.6 Å². The van der Waals surface area contributed by atoms with Crippen molar-refractivity contribution < 1.29 is 9.32 Å². The van der Waals surface area contributed by atoms with Crippen LogP contribution in [0.2, 0.25) is 0 Å². The second-order valence-electron chi connectivity index (χ2n) is 6.27. The van der Waals surface area contributed by atoms with Crippen LogP contribution in [0.25, 0.3) is 21.8 Å². The molecule has 0 aliphatic heterocycles. The van der Waals surface area contributed by atoms with Gasteiger partial charge in [-0.3, -0.25) is 4.79 Å². The Bertz CT molecular complexity index is 1160. The molecule has 7 heteroatoms. The van der Waals surface area contributed by atoms with Gasteiger partial charge in [-0.05, 0) is 40.8 Å². The number of nitrogens with zero attached hydrogens (tertiary/aromatic N) is 2. The lowest BCUT2D eigenvalue weighted by atomic mass is 10.1. The lowest BCUT2D eigenvalue weighted by Crippen LogP contribution is -2.14. The molecule has 0 atom stereocenters. The summed E-state index contributed by atoms with van der Waals surface area (Å²) in [4.78, 5) is 17.0. The maximum atomic E-state index is 12.8. The summed E-state index contributed by atoms with van der Waals surface area (Å²) in [7, 11) is 0. The van der Waals surface area contributed by atoms with E-state index in [4.69, 9.17) is 10.3 Å². The monoisotopic (exact) mass is 374 g/mol. The van der Waals surface area contributed by atoms with Crippen molar-refractivity contribution in [1.29, 1.82) is 0 Å². The molecule has 27 heavy (non-hydrogen) atoms. The number of carbonyl (C=O) groups excluding carboxylic acids is 1. The molecule has 132 valence electrons. The molecular formula is C20H14N4O2S. The number of nitrogens with two attached hydrogens (primary N) is 1. The van der Waals surface area contributed by atoms with E-state index >= 15 is 0 Å². The van der Waals surface area contributed by atoms with Gasteiger partial charge in [-0.15, -0.1) is 11.3 Å². The van der Waals surface area contributed by atoms with Crippen molar-refractivity contribution in [2.75, 3.05) is 11.1 Å². The zero-order valence-corrected chi connectivity index (χ0v) is 14.9. The first-order valence-corrected chi connectivity index (χ1v) is 9.26. The second-order valence-corrected chi connectivity index (χ2v) is 7.16. The zero-order chi connectivity index (χ0) is 18.4. The molecule has 2 aromatic heterocycles. The normalized spacial score (nSPS) is 11.9.